The first-order valence-corrected chi connectivity index (χ1v) is 9.83. The zero-order chi connectivity index (χ0) is 20.4. The fourth-order valence-corrected chi connectivity index (χ4v) is 3.91. The van der Waals surface area contributed by atoms with E-state index in [4.69, 9.17) is 4.74 Å². The quantitative estimate of drug-likeness (QED) is 0.462. The topological polar surface area (TPSA) is 61.2 Å². The maximum atomic E-state index is 13.2. The Kier molecular flexibility index (Phi) is 5.22. The van der Waals surface area contributed by atoms with Gasteiger partial charge in [-0.3, -0.25) is 14.2 Å². The number of nitrogens with zero attached hydrogens (tertiary/aromatic N) is 2. The van der Waals surface area contributed by atoms with E-state index in [1.807, 2.05) is 36.6 Å². The van der Waals surface area contributed by atoms with Crippen LogP contribution in [0.5, 0.6) is 0 Å². The molecule has 0 bridgehead atoms. The standard InChI is InChI=1S/C22H17FN2O3S/c1-14-5-7-16(8-6-14)18-12-29-21-20(18)22(27)25(13-24-21)10-19(26)28-11-15-3-2-4-17(23)9-15/h2-9,12-13H,10-11H2,1H3. The zero-order valence-electron chi connectivity index (χ0n) is 15.6. The highest BCUT2D eigenvalue weighted by molar-refractivity contribution is 7.17. The van der Waals surface area contributed by atoms with Crippen molar-refractivity contribution in [3.05, 3.63) is 87.5 Å². The van der Waals surface area contributed by atoms with Gasteiger partial charge in [0.15, 0.2) is 0 Å². The van der Waals surface area contributed by atoms with Crippen molar-refractivity contribution in [3.8, 4) is 11.1 Å². The average Bonchev–Trinajstić information content (AvgIpc) is 3.14. The lowest BCUT2D eigenvalue weighted by Crippen LogP contribution is -2.25. The number of esters is 1. The van der Waals surface area contributed by atoms with Crippen molar-refractivity contribution in [2.45, 2.75) is 20.1 Å². The van der Waals surface area contributed by atoms with E-state index >= 15 is 0 Å². The highest BCUT2D eigenvalue weighted by Gasteiger charge is 2.15. The second kappa shape index (κ2) is 7.97. The fourth-order valence-electron chi connectivity index (χ4n) is 3.00. The molecular weight excluding hydrogens is 391 g/mol. The molecule has 2 heterocycles. The van der Waals surface area contributed by atoms with Crippen molar-refractivity contribution in [1.82, 2.24) is 9.55 Å². The van der Waals surface area contributed by atoms with Crippen LogP contribution >= 0.6 is 11.3 Å². The Morgan fingerprint density at radius 1 is 1.21 bits per heavy atom. The summed E-state index contributed by atoms with van der Waals surface area (Å²) in [5, 5.41) is 2.38. The van der Waals surface area contributed by atoms with Crippen LogP contribution < -0.4 is 5.56 Å². The number of ether oxygens (including phenoxy) is 1. The number of aromatic nitrogens is 2. The molecule has 0 atom stereocenters. The van der Waals surface area contributed by atoms with Crippen LogP contribution in [0.2, 0.25) is 0 Å². The summed E-state index contributed by atoms with van der Waals surface area (Å²) in [5.41, 5.74) is 3.09. The summed E-state index contributed by atoms with van der Waals surface area (Å²) >= 11 is 1.39. The van der Waals surface area contributed by atoms with Crippen LogP contribution in [0.1, 0.15) is 11.1 Å². The Labute approximate surface area is 170 Å². The highest BCUT2D eigenvalue weighted by Crippen LogP contribution is 2.30. The number of hydrogen-bond acceptors (Lipinski definition) is 5. The molecule has 0 aliphatic carbocycles. The fraction of sp³-hybridized carbons (Fsp3) is 0.136. The molecule has 4 rings (SSSR count). The Balaban J connectivity index is 1.57. The number of carbonyl (C=O) groups excluding carboxylic acids is 1. The summed E-state index contributed by atoms with van der Waals surface area (Å²) in [5.74, 6) is -0.991. The van der Waals surface area contributed by atoms with Crippen LogP contribution in [0.25, 0.3) is 21.3 Å². The van der Waals surface area contributed by atoms with Crippen molar-refractivity contribution >= 4 is 27.5 Å². The van der Waals surface area contributed by atoms with Gasteiger partial charge >= 0.3 is 5.97 Å². The van der Waals surface area contributed by atoms with Crippen LogP contribution in [0.3, 0.4) is 0 Å². The molecule has 0 N–H and O–H groups in total. The highest BCUT2D eigenvalue weighted by atomic mass is 32.1. The summed E-state index contributed by atoms with van der Waals surface area (Å²) in [6, 6.07) is 13.7. The molecule has 0 spiro atoms. The second-order valence-electron chi connectivity index (χ2n) is 6.66. The van der Waals surface area contributed by atoms with Crippen LogP contribution in [-0.2, 0) is 22.7 Å². The molecule has 5 nitrogen and oxygen atoms in total. The zero-order valence-corrected chi connectivity index (χ0v) is 16.4. The first-order chi connectivity index (χ1) is 14.0. The van der Waals surface area contributed by atoms with Gasteiger partial charge < -0.3 is 4.74 Å². The van der Waals surface area contributed by atoms with Crippen LogP contribution in [0, 0.1) is 12.7 Å². The largest absolute Gasteiger partial charge is 0.459 e. The number of carbonyl (C=O) groups is 1. The van der Waals surface area contributed by atoms with Crippen molar-refractivity contribution in [2.75, 3.05) is 0 Å². The van der Waals surface area contributed by atoms with Gasteiger partial charge in [-0.2, -0.15) is 0 Å². The summed E-state index contributed by atoms with van der Waals surface area (Å²) in [6.07, 6.45) is 1.35. The number of fused-ring (bicyclic) bond motifs is 1. The molecule has 2 aromatic carbocycles. The van der Waals surface area contributed by atoms with E-state index in [1.165, 1.54) is 34.4 Å². The van der Waals surface area contributed by atoms with E-state index in [9.17, 15) is 14.0 Å². The number of rotatable bonds is 5. The lowest BCUT2D eigenvalue weighted by atomic mass is 10.1. The molecule has 0 fully saturated rings. The van der Waals surface area contributed by atoms with Gasteiger partial charge in [0, 0.05) is 10.9 Å². The molecule has 146 valence electrons. The molecule has 0 unspecified atom stereocenters. The monoisotopic (exact) mass is 408 g/mol. The smallest absolute Gasteiger partial charge is 0.326 e. The first kappa shape index (κ1) is 19.0. The van der Waals surface area contributed by atoms with Crippen LogP contribution in [-0.4, -0.2) is 15.5 Å². The van der Waals surface area contributed by atoms with E-state index in [0.717, 1.165) is 16.7 Å². The molecule has 0 saturated heterocycles. The van der Waals surface area contributed by atoms with E-state index in [2.05, 4.69) is 4.98 Å². The van der Waals surface area contributed by atoms with Crippen molar-refractivity contribution in [3.63, 3.8) is 0 Å². The molecule has 0 amide bonds. The number of aryl methyl sites for hydroxylation is 1. The van der Waals surface area contributed by atoms with Gasteiger partial charge in [0.05, 0.1) is 11.7 Å². The Hall–Kier alpha value is -3.32. The maximum absolute atomic E-state index is 13.2. The Morgan fingerprint density at radius 3 is 2.76 bits per heavy atom. The van der Waals surface area contributed by atoms with Crippen LogP contribution in [0.15, 0.2) is 65.0 Å². The third-order valence-corrected chi connectivity index (χ3v) is 5.40. The second-order valence-corrected chi connectivity index (χ2v) is 7.52. The Morgan fingerprint density at radius 2 is 2.00 bits per heavy atom. The molecule has 7 heteroatoms. The molecule has 0 aliphatic rings. The minimum atomic E-state index is -0.593. The number of hydrogen-bond donors (Lipinski definition) is 0. The van der Waals surface area contributed by atoms with Gasteiger partial charge in [0.25, 0.3) is 5.56 Å². The maximum Gasteiger partial charge on any atom is 0.326 e. The summed E-state index contributed by atoms with van der Waals surface area (Å²) in [6.45, 7) is 1.67. The SMILES string of the molecule is Cc1ccc(-c2csc3ncn(CC(=O)OCc4cccc(F)c4)c(=O)c23)cc1. The van der Waals surface area contributed by atoms with Crippen molar-refractivity contribution < 1.29 is 13.9 Å². The minimum absolute atomic E-state index is 0.0614. The predicted molar refractivity (Wildman–Crippen MR) is 110 cm³/mol. The molecular formula is C22H17FN2O3S. The lowest BCUT2D eigenvalue weighted by Gasteiger charge is -2.08. The number of benzene rings is 2. The molecule has 0 aliphatic heterocycles. The summed E-state index contributed by atoms with van der Waals surface area (Å²) < 4.78 is 19.6. The molecule has 2 aromatic heterocycles. The number of halogens is 1. The van der Waals surface area contributed by atoms with Crippen LogP contribution in [0.4, 0.5) is 4.39 Å². The molecule has 0 radical (unpaired) electrons. The van der Waals surface area contributed by atoms with E-state index < -0.39 is 11.8 Å². The molecule has 29 heavy (non-hydrogen) atoms. The third-order valence-electron chi connectivity index (χ3n) is 4.51. The van der Waals surface area contributed by atoms with Gasteiger partial charge in [-0.1, -0.05) is 42.0 Å². The summed E-state index contributed by atoms with van der Waals surface area (Å²) in [4.78, 5) is 30.1. The average molecular weight is 408 g/mol. The molecule has 4 aromatic rings. The van der Waals surface area contributed by atoms with Crippen molar-refractivity contribution in [1.29, 1.82) is 0 Å². The predicted octanol–water partition coefficient (Wildman–Crippen LogP) is 4.32. The van der Waals surface area contributed by atoms with Gasteiger partial charge in [0.2, 0.25) is 0 Å². The van der Waals surface area contributed by atoms with E-state index in [1.54, 1.807) is 12.1 Å². The summed E-state index contributed by atoms with van der Waals surface area (Å²) in [7, 11) is 0. The third kappa shape index (κ3) is 4.09. The van der Waals surface area contributed by atoms with Gasteiger partial charge in [-0.05, 0) is 30.2 Å². The Bertz CT molecular complexity index is 1250. The normalized spacial score (nSPS) is 11.0. The minimum Gasteiger partial charge on any atom is -0.459 e. The van der Waals surface area contributed by atoms with E-state index in [0.29, 0.717) is 15.8 Å². The van der Waals surface area contributed by atoms with Crippen molar-refractivity contribution in [2.24, 2.45) is 0 Å². The number of thiophene rings is 1. The first-order valence-electron chi connectivity index (χ1n) is 8.95. The lowest BCUT2D eigenvalue weighted by molar-refractivity contribution is -0.145. The van der Waals surface area contributed by atoms with Gasteiger partial charge in [0.1, 0.15) is 23.8 Å². The molecule has 0 saturated carbocycles. The van der Waals surface area contributed by atoms with Gasteiger partial charge in [-0.25, -0.2) is 9.37 Å². The van der Waals surface area contributed by atoms with E-state index in [-0.39, 0.29) is 18.7 Å². The van der Waals surface area contributed by atoms with Gasteiger partial charge in [-0.15, -0.1) is 11.3 Å².